The summed E-state index contributed by atoms with van der Waals surface area (Å²) < 4.78 is 10.00. The van der Waals surface area contributed by atoms with Crippen molar-refractivity contribution in [1.82, 2.24) is 10.2 Å². The molecule has 0 aromatic carbocycles. The van der Waals surface area contributed by atoms with Crippen LogP contribution in [0.5, 0.6) is 0 Å². The third-order valence-corrected chi connectivity index (χ3v) is 2.73. The van der Waals surface area contributed by atoms with Crippen LogP contribution in [0.3, 0.4) is 0 Å². The average Bonchev–Trinajstić information content (AvgIpc) is 2.35. The minimum Gasteiger partial charge on any atom is -0.383 e. The molecular weight excluding hydrogens is 220 g/mol. The van der Waals surface area contributed by atoms with Gasteiger partial charge in [-0.05, 0) is 12.8 Å². The molecule has 0 fully saturated rings. The standard InChI is InChI=1S/C12H26N2O3/c1-5-11(6-2)13-12(15)14(7-9-16-3)8-10-17-4/h11H,5-10H2,1-4H3,(H,13,15). The Morgan fingerprint density at radius 2 is 1.59 bits per heavy atom. The number of rotatable bonds is 9. The van der Waals surface area contributed by atoms with E-state index in [1.54, 1.807) is 19.1 Å². The molecule has 0 aliphatic rings. The quantitative estimate of drug-likeness (QED) is 0.670. The van der Waals surface area contributed by atoms with Crippen LogP contribution in [0.2, 0.25) is 0 Å². The maximum absolute atomic E-state index is 12.0. The molecule has 0 heterocycles. The van der Waals surface area contributed by atoms with E-state index in [1.165, 1.54) is 0 Å². The van der Waals surface area contributed by atoms with Gasteiger partial charge in [0.1, 0.15) is 0 Å². The summed E-state index contributed by atoms with van der Waals surface area (Å²) in [5, 5.41) is 3.01. The zero-order chi connectivity index (χ0) is 13.1. The first-order valence-corrected chi connectivity index (χ1v) is 6.22. The number of hydrogen-bond donors (Lipinski definition) is 1. The minimum atomic E-state index is -0.0344. The van der Waals surface area contributed by atoms with E-state index in [9.17, 15) is 4.79 Å². The van der Waals surface area contributed by atoms with Gasteiger partial charge in [-0.15, -0.1) is 0 Å². The molecule has 17 heavy (non-hydrogen) atoms. The first-order chi connectivity index (χ1) is 8.19. The topological polar surface area (TPSA) is 50.8 Å². The number of hydrogen-bond acceptors (Lipinski definition) is 3. The van der Waals surface area contributed by atoms with Gasteiger partial charge in [-0.1, -0.05) is 13.8 Å². The molecule has 2 amide bonds. The lowest BCUT2D eigenvalue weighted by atomic mass is 10.2. The van der Waals surface area contributed by atoms with Gasteiger partial charge in [0.25, 0.3) is 0 Å². The molecule has 0 aromatic heterocycles. The first-order valence-electron chi connectivity index (χ1n) is 6.22. The normalized spacial score (nSPS) is 10.6. The SMILES string of the molecule is CCC(CC)NC(=O)N(CCOC)CCOC. The van der Waals surface area contributed by atoms with Crippen molar-refractivity contribution in [3.8, 4) is 0 Å². The van der Waals surface area contributed by atoms with Gasteiger partial charge < -0.3 is 19.7 Å². The van der Waals surface area contributed by atoms with E-state index in [0.717, 1.165) is 12.8 Å². The third kappa shape index (κ3) is 7.18. The van der Waals surface area contributed by atoms with Crippen LogP contribution < -0.4 is 5.32 Å². The van der Waals surface area contributed by atoms with Gasteiger partial charge in [-0.25, -0.2) is 4.79 Å². The summed E-state index contributed by atoms with van der Waals surface area (Å²) in [6.07, 6.45) is 1.90. The van der Waals surface area contributed by atoms with Gasteiger partial charge in [0, 0.05) is 33.4 Å². The molecule has 0 radical (unpaired) electrons. The van der Waals surface area contributed by atoms with E-state index in [0.29, 0.717) is 26.3 Å². The molecule has 0 spiro atoms. The summed E-state index contributed by atoms with van der Waals surface area (Å²) in [6, 6.07) is 0.211. The molecule has 102 valence electrons. The predicted octanol–water partition coefficient (Wildman–Crippen LogP) is 1.48. The van der Waals surface area contributed by atoms with Gasteiger partial charge in [0.2, 0.25) is 0 Å². The molecule has 0 saturated heterocycles. The maximum Gasteiger partial charge on any atom is 0.317 e. The van der Waals surface area contributed by atoms with E-state index in [1.807, 2.05) is 0 Å². The van der Waals surface area contributed by atoms with Crippen LogP contribution in [-0.4, -0.2) is 57.5 Å². The number of carbonyl (C=O) groups excluding carboxylic acids is 1. The number of urea groups is 1. The number of methoxy groups -OCH3 is 2. The summed E-state index contributed by atoms with van der Waals surface area (Å²) >= 11 is 0. The molecule has 1 N–H and O–H groups in total. The molecule has 0 unspecified atom stereocenters. The summed E-state index contributed by atoms with van der Waals surface area (Å²) in [7, 11) is 3.26. The van der Waals surface area contributed by atoms with Gasteiger partial charge in [0.05, 0.1) is 13.2 Å². The highest BCUT2D eigenvalue weighted by molar-refractivity contribution is 5.74. The highest BCUT2D eigenvalue weighted by atomic mass is 16.5. The van der Waals surface area contributed by atoms with Gasteiger partial charge >= 0.3 is 6.03 Å². The monoisotopic (exact) mass is 246 g/mol. The van der Waals surface area contributed by atoms with Crippen LogP contribution in [0, 0.1) is 0 Å². The number of ether oxygens (including phenoxy) is 2. The van der Waals surface area contributed by atoms with Crippen molar-refractivity contribution < 1.29 is 14.3 Å². The average molecular weight is 246 g/mol. The second-order valence-electron chi connectivity index (χ2n) is 3.94. The molecule has 0 aromatic rings. The fourth-order valence-corrected chi connectivity index (χ4v) is 1.48. The Balaban J connectivity index is 4.19. The lowest BCUT2D eigenvalue weighted by molar-refractivity contribution is 0.121. The second-order valence-corrected chi connectivity index (χ2v) is 3.94. The van der Waals surface area contributed by atoms with E-state index in [4.69, 9.17) is 9.47 Å². The molecule has 0 aliphatic carbocycles. The lowest BCUT2D eigenvalue weighted by Gasteiger charge is -2.25. The molecule has 0 bridgehead atoms. The van der Waals surface area contributed by atoms with Crippen LogP contribution in [0.4, 0.5) is 4.79 Å². The van der Waals surface area contributed by atoms with Crippen LogP contribution >= 0.6 is 0 Å². The van der Waals surface area contributed by atoms with Crippen molar-refractivity contribution in [1.29, 1.82) is 0 Å². The van der Waals surface area contributed by atoms with Crippen molar-refractivity contribution in [2.75, 3.05) is 40.5 Å². The molecule has 0 aliphatic heterocycles. The molecule has 0 saturated carbocycles. The van der Waals surface area contributed by atoms with E-state index < -0.39 is 0 Å². The van der Waals surface area contributed by atoms with Crippen LogP contribution in [-0.2, 0) is 9.47 Å². The Labute approximate surface area is 104 Å². The lowest BCUT2D eigenvalue weighted by Crippen LogP contribution is -2.46. The summed E-state index contributed by atoms with van der Waals surface area (Å²) in [4.78, 5) is 13.7. The second kappa shape index (κ2) is 10.4. The van der Waals surface area contributed by atoms with E-state index in [-0.39, 0.29) is 12.1 Å². The highest BCUT2D eigenvalue weighted by Gasteiger charge is 2.15. The maximum atomic E-state index is 12.0. The fraction of sp³-hybridized carbons (Fsp3) is 0.917. The number of carbonyl (C=O) groups is 1. The number of amides is 2. The highest BCUT2D eigenvalue weighted by Crippen LogP contribution is 1.99. The Morgan fingerprint density at radius 1 is 1.12 bits per heavy atom. The predicted molar refractivity (Wildman–Crippen MR) is 68.2 cm³/mol. The van der Waals surface area contributed by atoms with Crippen molar-refractivity contribution in [2.24, 2.45) is 0 Å². The van der Waals surface area contributed by atoms with Crippen molar-refractivity contribution in [2.45, 2.75) is 32.7 Å². The Hall–Kier alpha value is -0.810. The Bertz CT molecular complexity index is 188. The largest absolute Gasteiger partial charge is 0.383 e. The van der Waals surface area contributed by atoms with E-state index in [2.05, 4.69) is 19.2 Å². The number of nitrogens with zero attached hydrogens (tertiary/aromatic N) is 1. The van der Waals surface area contributed by atoms with Gasteiger partial charge in [-0.3, -0.25) is 0 Å². The first kappa shape index (κ1) is 16.2. The third-order valence-electron chi connectivity index (χ3n) is 2.73. The molecule has 5 nitrogen and oxygen atoms in total. The summed E-state index contributed by atoms with van der Waals surface area (Å²) in [6.45, 7) is 6.41. The molecular formula is C12H26N2O3. The van der Waals surface area contributed by atoms with Gasteiger partial charge in [0.15, 0.2) is 0 Å². The zero-order valence-electron chi connectivity index (χ0n) is 11.5. The van der Waals surface area contributed by atoms with Crippen LogP contribution in [0.25, 0.3) is 0 Å². The van der Waals surface area contributed by atoms with Crippen molar-refractivity contribution in [3.05, 3.63) is 0 Å². The zero-order valence-corrected chi connectivity index (χ0v) is 11.5. The molecule has 5 heteroatoms. The van der Waals surface area contributed by atoms with Crippen molar-refractivity contribution >= 4 is 6.03 Å². The van der Waals surface area contributed by atoms with E-state index >= 15 is 0 Å². The molecule has 0 rings (SSSR count). The summed E-state index contributed by atoms with van der Waals surface area (Å²) in [5.74, 6) is 0. The summed E-state index contributed by atoms with van der Waals surface area (Å²) in [5.41, 5.74) is 0. The van der Waals surface area contributed by atoms with Crippen LogP contribution in [0.15, 0.2) is 0 Å². The Morgan fingerprint density at radius 3 is 1.94 bits per heavy atom. The Kier molecular flexibility index (Phi) is 9.86. The van der Waals surface area contributed by atoms with Crippen molar-refractivity contribution in [3.63, 3.8) is 0 Å². The fourth-order valence-electron chi connectivity index (χ4n) is 1.48. The number of nitrogens with one attached hydrogen (secondary N) is 1. The van der Waals surface area contributed by atoms with Gasteiger partial charge in [-0.2, -0.15) is 0 Å². The smallest absolute Gasteiger partial charge is 0.317 e. The minimum absolute atomic E-state index is 0.0344. The molecule has 0 atom stereocenters. The van der Waals surface area contributed by atoms with Crippen LogP contribution in [0.1, 0.15) is 26.7 Å².